The molecule has 0 spiro atoms. The zero-order chi connectivity index (χ0) is 15.9. The standard InChI is InChI=1S/C20H25NO2/c1-2-22-18-12-6-7-13-19(18)23-20(16-9-4-3-5-10-16)17-11-8-14-21-15-17/h3-7,9-10,12-13,17,20-21H,2,8,11,14-15H2,1H3/t17-,20+/m0/s1. The van der Waals surface area contributed by atoms with Gasteiger partial charge in [0.15, 0.2) is 11.5 Å². The summed E-state index contributed by atoms with van der Waals surface area (Å²) in [6, 6.07) is 18.5. The fourth-order valence-electron chi connectivity index (χ4n) is 3.18. The van der Waals surface area contributed by atoms with Gasteiger partial charge < -0.3 is 14.8 Å². The van der Waals surface area contributed by atoms with Crippen molar-refractivity contribution in [2.24, 2.45) is 5.92 Å². The van der Waals surface area contributed by atoms with Crippen LogP contribution in [0.4, 0.5) is 0 Å². The maximum absolute atomic E-state index is 6.46. The first-order chi connectivity index (χ1) is 11.4. The summed E-state index contributed by atoms with van der Waals surface area (Å²) in [6.45, 7) is 4.74. The van der Waals surface area contributed by atoms with Gasteiger partial charge in [-0.05, 0) is 44.0 Å². The van der Waals surface area contributed by atoms with Gasteiger partial charge in [0.2, 0.25) is 0 Å². The topological polar surface area (TPSA) is 30.5 Å². The fourth-order valence-corrected chi connectivity index (χ4v) is 3.18. The van der Waals surface area contributed by atoms with Crippen molar-refractivity contribution in [2.75, 3.05) is 19.7 Å². The van der Waals surface area contributed by atoms with Crippen LogP contribution in [0.15, 0.2) is 54.6 Å². The molecule has 1 saturated heterocycles. The Balaban J connectivity index is 1.86. The smallest absolute Gasteiger partial charge is 0.162 e. The number of piperidine rings is 1. The molecule has 2 aromatic rings. The molecule has 0 aromatic heterocycles. The molecule has 23 heavy (non-hydrogen) atoms. The SMILES string of the molecule is CCOc1ccccc1O[C@H](c1ccccc1)[C@H]1CCCNC1. The van der Waals surface area contributed by atoms with Crippen LogP contribution in [0.1, 0.15) is 31.4 Å². The van der Waals surface area contributed by atoms with E-state index in [0.717, 1.165) is 24.6 Å². The average molecular weight is 311 g/mol. The van der Waals surface area contributed by atoms with Gasteiger partial charge in [0, 0.05) is 12.5 Å². The van der Waals surface area contributed by atoms with Crippen LogP contribution in [0.3, 0.4) is 0 Å². The summed E-state index contributed by atoms with van der Waals surface area (Å²) in [4.78, 5) is 0. The van der Waals surface area contributed by atoms with Gasteiger partial charge in [-0.1, -0.05) is 42.5 Å². The molecule has 0 saturated carbocycles. The molecule has 0 aliphatic carbocycles. The van der Waals surface area contributed by atoms with Gasteiger partial charge in [-0.25, -0.2) is 0 Å². The fraction of sp³-hybridized carbons (Fsp3) is 0.400. The van der Waals surface area contributed by atoms with Crippen molar-refractivity contribution in [3.8, 4) is 11.5 Å². The predicted octanol–water partition coefficient (Wildman–Crippen LogP) is 4.21. The predicted molar refractivity (Wildman–Crippen MR) is 93.0 cm³/mol. The Bertz CT molecular complexity index is 594. The summed E-state index contributed by atoms with van der Waals surface area (Å²) < 4.78 is 12.2. The highest BCUT2D eigenvalue weighted by atomic mass is 16.5. The van der Waals surface area contributed by atoms with Gasteiger partial charge in [-0.15, -0.1) is 0 Å². The third kappa shape index (κ3) is 4.05. The minimum absolute atomic E-state index is 0.0469. The lowest BCUT2D eigenvalue weighted by atomic mass is 9.89. The van der Waals surface area contributed by atoms with Gasteiger partial charge in [-0.2, -0.15) is 0 Å². The summed E-state index contributed by atoms with van der Waals surface area (Å²) in [7, 11) is 0. The Hall–Kier alpha value is -2.00. The number of ether oxygens (including phenoxy) is 2. The molecule has 0 unspecified atom stereocenters. The summed E-state index contributed by atoms with van der Waals surface area (Å²) in [5, 5.41) is 3.50. The lowest BCUT2D eigenvalue weighted by molar-refractivity contribution is 0.111. The molecule has 1 aliphatic rings. The number of nitrogens with one attached hydrogen (secondary N) is 1. The van der Waals surface area contributed by atoms with Crippen molar-refractivity contribution in [3.63, 3.8) is 0 Å². The van der Waals surface area contributed by atoms with Crippen LogP contribution < -0.4 is 14.8 Å². The largest absolute Gasteiger partial charge is 0.490 e. The second-order valence-electron chi connectivity index (χ2n) is 5.94. The van der Waals surface area contributed by atoms with Crippen molar-refractivity contribution in [2.45, 2.75) is 25.9 Å². The molecule has 3 nitrogen and oxygen atoms in total. The van der Waals surface area contributed by atoms with E-state index in [2.05, 4.69) is 29.6 Å². The first-order valence-electron chi connectivity index (χ1n) is 8.52. The summed E-state index contributed by atoms with van der Waals surface area (Å²) >= 11 is 0. The molecule has 1 heterocycles. The Morgan fingerprint density at radius 3 is 2.48 bits per heavy atom. The van der Waals surface area contributed by atoms with Gasteiger partial charge in [0.05, 0.1) is 6.61 Å². The molecule has 2 aromatic carbocycles. The molecule has 0 amide bonds. The molecular weight excluding hydrogens is 286 g/mol. The number of para-hydroxylation sites is 2. The van der Waals surface area contributed by atoms with Gasteiger partial charge in [0.25, 0.3) is 0 Å². The summed E-state index contributed by atoms with van der Waals surface area (Å²) in [6.07, 6.45) is 2.43. The van der Waals surface area contributed by atoms with Gasteiger partial charge >= 0.3 is 0 Å². The molecule has 1 fully saturated rings. The first kappa shape index (κ1) is 15.9. The Labute approximate surface area is 138 Å². The van der Waals surface area contributed by atoms with Crippen LogP contribution in [0.2, 0.25) is 0 Å². The highest BCUT2D eigenvalue weighted by Crippen LogP contribution is 2.36. The van der Waals surface area contributed by atoms with Crippen molar-refractivity contribution < 1.29 is 9.47 Å². The quantitative estimate of drug-likeness (QED) is 0.867. The van der Waals surface area contributed by atoms with Crippen LogP contribution >= 0.6 is 0 Å². The van der Waals surface area contributed by atoms with E-state index in [0.29, 0.717) is 12.5 Å². The maximum Gasteiger partial charge on any atom is 0.162 e. The number of hydrogen-bond acceptors (Lipinski definition) is 3. The third-order valence-electron chi connectivity index (χ3n) is 4.29. The monoisotopic (exact) mass is 311 g/mol. The van der Waals surface area contributed by atoms with Crippen LogP contribution in [0.5, 0.6) is 11.5 Å². The zero-order valence-electron chi connectivity index (χ0n) is 13.7. The zero-order valence-corrected chi connectivity index (χ0v) is 13.7. The van der Waals surface area contributed by atoms with E-state index in [1.165, 1.54) is 18.4 Å². The second kappa shape index (κ2) is 8.02. The maximum atomic E-state index is 6.46. The molecule has 2 atom stereocenters. The van der Waals surface area contributed by atoms with Crippen molar-refractivity contribution in [1.82, 2.24) is 5.32 Å². The molecule has 122 valence electrons. The second-order valence-corrected chi connectivity index (χ2v) is 5.94. The van der Waals surface area contributed by atoms with E-state index in [-0.39, 0.29) is 6.10 Å². The minimum atomic E-state index is 0.0469. The van der Waals surface area contributed by atoms with Crippen molar-refractivity contribution >= 4 is 0 Å². The van der Waals surface area contributed by atoms with Gasteiger partial charge in [-0.3, -0.25) is 0 Å². The first-order valence-corrected chi connectivity index (χ1v) is 8.52. The Kier molecular flexibility index (Phi) is 5.54. The number of benzene rings is 2. The number of rotatable bonds is 6. The lowest BCUT2D eigenvalue weighted by Gasteiger charge is -2.32. The van der Waals surface area contributed by atoms with E-state index >= 15 is 0 Å². The summed E-state index contributed by atoms with van der Waals surface area (Å²) in [5.74, 6) is 2.12. The van der Waals surface area contributed by atoms with Crippen LogP contribution in [-0.4, -0.2) is 19.7 Å². The molecule has 1 aliphatic heterocycles. The van der Waals surface area contributed by atoms with Crippen LogP contribution in [-0.2, 0) is 0 Å². The minimum Gasteiger partial charge on any atom is -0.490 e. The van der Waals surface area contributed by atoms with Gasteiger partial charge in [0.1, 0.15) is 6.10 Å². The lowest BCUT2D eigenvalue weighted by Crippen LogP contribution is -2.35. The number of hydrogen-bond donors (Lipinski definition) is 1. The van der Waals surface area contributed by atoms with E-state index in [9.17, 15) is 0 Å². The summed E-state index contributed by atoms with van der Waals surface area (Å²) in [5.41, 5.74) is 1.23. The molecule has 0 bridgehead atoms. The van der Waals surface area contributed by atoms with Crippen molar-refractivity contribution in [1.29, 1.82) is 0 Å². The molecule has 1 N–H and O–H groups in total. The van der Waals surface area contributed by atoms with Crippen molar-refractivity contribution in [3.05, 3.63) is 60.2 Å². The Morgan fingerprint density at radius 1 is 1.04 bits per heavy atom. The highest BCUT2D eigenvalue weighted by Gasteiger charge is 2.27. The molecule has 3 heteroatoms. The molecular formula is C20H25NO2. The van der Waals surface area contributed by atoms with E-state index < -0.39 is 0 Å². The van der Waals surface area contributed by atoms with E-state index in [1.807, 2.05) is 37.3 Å². The molecule has 0 radical (unpaired) electrons. The third-order valence-corrected chi connectivity index (χ3v) is 4.29. The highest BCUT2D eigenvalue weighted by molar-refractivity contribution is 5.40. The normalized spacial score (nSPS) is 19.1. The van der Waals surface area contributed by atoms with Crippen LogP contribution in [0.25, 0.3) is 0 Å². The molecule has 3 rings (SSSR count). The average Bonchev–Trinajstić information content (AvgIpc) is 2.63. The van der Waals surface area contributed by atoms with Crippen LogP contribution in [0, 0.1) is 5.92 Å². The van der Waals surface area contributed by atoms with E-state index in [4.69, 9.17) is 9.47 Å². The van der Waals surface area contributed by atoms with E-state index in [1.54, 1.807) is 0 Å². The Morgan fingerprint density at radius 2 is 1.78 bits per heavy atom.